The van der Waals surface area contributed by atoms with Crippen LogP contribution in [-0.2, 0) is 6.61 Å². The maximum absolute atomic E-state index is 8.83. The summed E-state index contributed by atoms with van der Waals surface area (Å²) in [4.78, 5) is 0. The summed E-state index contributed by atoms with van der Waals surface area (Å²) < 4.78 is 11.0. The van der Waals surface area contributed by atoms with E-state index in [0.717, 1.165) is 11.1 Å². The lowest BCUT2D eigenvalue weighted by Gasteiger charge is -2.11. The number of nitriles is 2. The maximum atomic E-state index is 8.83. The molecule has 4 nitrogen and oxygen atoms in total. The summed E-state index contributed by atoms with van der Waals surface area (Å²) in [7, 11) is 1.58. The first-order chi connectivity index (χ1) is 11.2. The Hall–Kier alpha value is -2.95. The molecule has 0 spiro atoms. The minimum Gasteiger partial charge on any atom is -0.496 e. The standard InChI is InChI=1S/C18H13ClN2O2/c1-22-18-7-2-13(8-14(10-20)11-21)9-15(18)12-23-17-5-3-16(19)4-6-17/h2-9H,12H2,1H3. The van der Waals surface area contributed by atoms with E-state index in [1.54, 1.807) is 43.5 Å². The number of halogens is 1. The molecule has 2 rings (SSSR count). The van der Waals surface area contributed by atoms with Crippen LogP contribution >= 0.6 is 11.6 Å². The van der Waals surface area contributed by atoms with Gasteiger partial charge < -0.3 is 9.47 Å². The van der Waals surface area contributed by atoms with E-state index in [4.69, 9.17) is 31.6 Å². The summed E-state index contributed by atoms with van der Waals surface area (Å²) in [6.07, 6.45) is 1.52. The van der Waals surface area contributed by atoms with Gasteiger partial charge in [0, 0.05) is 10.6 Å². The van der Waals surface area contributed by atoms with Crippen LogP contribution in [0.25, 0.3) is 6.08 Å². The summed E-state index contributed by atoms with van der Waals surface area (Å²) in [6, 6.07) is 16.1. The van der Waals surface area contributed by atoms with Crippen molar-refractivity contribution in [3.63, 3.8) is 0 Å². The summed E-state index contributed by atoms with van der Waals surface area (Å²) in [5, 5.41) is 18.3. The average molecular weight is 325 g/mol. The van der Waals surface area contributed by atoms with Gasteiger partial charge in [-0.15, -0.1) is 0 Å². The van der Waals surface area contributed by atoms with Gasteiger partial charge in [0.2, 0.25) is 0 Å². The molecule has 2 aromatic carbocycles. The molecule has 0 heterocycles. The topological polar surface area (TPSA) is 66.0 Å². The lowest BCUT2D eigenvalue weighted by Crippen LogP contribution is -1.99. The van der Waals surface area contributed by atoms with Crippen LogP contribution in [0, 0.1) is 22.7 Å². The van der Waals surface area contributed by atoms with Crippen LogP contribution in [0.3, 0.4) is 0 Å². The van der Waals surface area contributed by atoms with Gasteiger partial charge in [0.25, 0.3) is 0 Å². The first-order valence-electron chi connectivity index (χ1n) is 6.73. The van der Waals surface area contributed by atoms with Crippen molar-refractivity contribution in [3.05, 3.63) is 64.2 Å². The van der Waals surface area contributed by atoms with Gasteiger partial charge in [-0.3, -0.25) is 0 Å². The lowest BCUT2D eigenvalue weighted by atomic mass is 10.1. The van der Waals surface area contributed by atoms with Crippen molar-refractivity contribution in [2.75, 3.05) is 7.11 Å². The Morgan fingerprint density at radius 3 is 2.43 bits per heavy atom. The van der Waals surface area contributed by atoms with E-state index in [0.29, 0.717) is 23.1 Å². The summed E-state index contributed by atoms with van der Waals surface area (Å²) >= 11 is 5.84. The highest BCUT2D eigenvalue weighted by atomic mass is 35.5. The normalized spacial score (nSPS) is 9.39. The summed E-state index contributed by atoms with van der Waals surface area (Å²) in [5.74, 6) is 1.36. The van der Waals surface area contributed by atoms with Gasteiger partial charge >= 0.3 is 0 Å². The Labute approximate surface area is 139 Å². The van der Waals surface area contributed by atoms with Gasteiger partial charge in [0.1, 0.15) is 35.8 Å². The third-order valence-electron chi connectivity index (χ3n) is 3.06. The molecule has 0 N–H and O–H groups in total. The molecule has 0 amide bonds. The number of methoxy groups -OCH3 is 1. The third kappa shape index (κ3) is 4.51. The van der Waals surface area contributed by atoms with Crippen LogP contribution in [0.5, 0.6) is 11.5 Å². The van der Waals surface area contributed by atoms with Crippen LogP contribution < -0.4 is 9.47 Å². The maximum Gasteiger partial charge on any atom is 0.130 e. The molecule has 0 radical (unpaired) electrons. The van der Waals surface area contributed by atoms with E-state index in [1.807, 2.05) is 18.2 Å². The molecular formula is C18H13ClN2O2. The second kappa shape index (κ2) is 7.89. The average Bonchev–Trinajstić information content (AvgIpc) is 2.59. The van der Waals surface area contributed by atoms with Crippen molar-refractivity contribution in [2.24, 2.45) is 0 Å². The summed E-state index contributed by atoms with van der Waals surface area (Å²) in [5.41, 5.74) is 1.59. The van der Waals surface area contributed by atoms with E-state index < -0.39 is 0 Å². The van der Waals surface area contributed by atoms with Crippen LogP contribution in [0.15, 0.2) is 48.0 Å². The molecule has 0 aromatic heterocycles. The molecule has 0 bridgehead atoms. The van der Waals surface area contributed by atoms with E-state index in [1.165, 1.54) is 6.08 Å². The number of hydrogen-bond acceptors (Lipinski definition) is 4. The van der Waals surface area contributed by atoms with Crippen molar-refractivity contribution in [1.29, 1.82) is 10.5 Å². The third-order valence-corrected chi connectivity index (χ3v) is 3.32. The minimum atomic E-state index is 0.0414. The largest absolute Gasteiger partial charge is 0.496 e. The van der Waals surface area contributed by atoms with Gasteiger partial charge in [-0.05, 0) is 48.0 Å². The van der Waals surface area contributed by atoms with Crippen molar-refractivity contribution in [1.82, 2.24) is 0 Å². The van der Waals surface area contributed by atoms with Gasteiger partial charge in [-0.2, -0.15) is 10.5 Å². The Morgan fingerprint density at radius 2 is 1.83 bits per heavy atom. The zero-order valence-corrected chi connectivity index (χ0v) is 13.2. The number of nitrogens with zero attached hydrogens (tertiary/aromatic N) is 2. The second-order valence-electron chi connectivity index (χ2n) is 4.60. The van der Waals surface area contributed by atoms with E-state index in [2.05, 4.69) is 0 Å². The van der Waals surface area contributed by atoms with Crippen LogP contribution in [0.2, 0.25) is 5.02 Å². The molecule has 2 aromatic rings. The second-order valence-corrected chi connectivity index (χ2v) is 5.03. The van der Waals surface area contributed by atoms with Crippen molar-refractivity contribution >= 4 is 17.7 Å². The van der Waals surface area contributed by atoms with Crippen LogP contribution in [0.1, 0.15) is 11.1 Å². The highest BCUT2D eigenvalue weighted by Gasteiger charge is 2.06. The van der Waals surface area contributed by atoms with Gasteiger partial charge in [-0.1, -0.05) is 17.7 Å². The fourth-order valence-electron chi connectivity index (χ4n) is 1.95. The highest BCUT2D eigenvalue weighted by Crippen LogP contribution is 2.24. The molecule has 0 saturated carbocycles. The first-order valence-corrected chi connectivity index (χ1v) is 7.11. The van der Waals surface area contributed by atoms with Gasteiger partial charge in [0.05, 0.1) is 7.11 Å². The van der Waals surface area contributed by atoms with Crippen molar-refractivity contribution < 1.29 is 9.47 Å². The zero-order valence-electron chi connectivity index (χ0n) is 12.4. The van der Waals surface area contributed by atoms with Gasteiger partial charge in [-0.25, -0.2) is 0 Å². The molecule has 0 aliphatic heterocycles. The van der Waals surface area contributed by atoms with Crippen LogP contribution in [0.4, 0.5) is 0 Å². The number of benzene rings is 2. The van der Waals surface area contributed by atoms with E-state index in [-0.39, 0.29) is 5.57 Å². The molecule has 0 fully saturated rings. The molecule has 23 heavy (non-hydrogen) atoms. The SMILES string of the molecule is COc1ccc(C=C(C#N)C#N)cc1COc1ccc(Cl)cc1. The quantitative estimate of drug-likeness (QED) is 0.766. The monoisotopic (exact) mass is 324 g/mol. The van der Waals surface area contributed by atoms with E-state index >= 15 is 0 Å². The Bertz CT molecular complexity index is 783. The molecule has 0 saturated heterocycles. The number of ether oxygens (including phenoxy) is 2. The predicted molar refractivity (Wildman–Crippen MR) is 88.0 cm³/mol. The molecule has 0 aliphatic carbocycles. The smallest absolute Gasteiger partial charge is 0.130 e. The molecular weight excluding hydrogens is 312 g/mol. The van der Waals surface area contributed by atoms with Crippen molar-refractivity contribution in [2.45, 2.75) is 6.61 Å². The molecule has 114 valence electrons. The fraction of sp³-hybridized carbons (Fsp3) is 0.111. The molecule has 0 atom stereocenters. The Morgan fingerprint density at radius 1 is 1.13 bits per heavy atom. The van der Waals surface area contributed by atoms with Crippen LogP contribution in [-0.4, -0.2) is 7.11 Å². The highest BCUT2D eigenvalue weighted by molar-refractivity contribution is 6.30. The first kappa shape index (κ1) is 16.4. The van der Waals surface area contributed by atoms with E-state index in [9.17, 15) is 0 Å². The lowest BCUT2D eigenvalue weighted by molar-refractivity contribution is 0.296. The minimum absolute atomic E-state index is 0.0414. The Balaban J connectivity index is 2.22. The molecule has 0 unspecified atom stereocenters. The summed E-state index contributed by atoms with van der Waals surface area (Å²) in [6.45, 7) is 0.293. The fourth-order valence-corrected chi connectivity index (χ4v) is 2.08. The number of allylic oxidation sites excluding steroid dienone is 1. The Kier molecular flexibility index (Phi) is 5.63. The van der Waals surface area contributed by atoms with Crippen molar-refractivity contribution in [3.8, 4) is 23.6 Å². The predicted octanol–water partition coefficient (Wildman–Crippen LogP) is 4.36. The number of rotatable bonds is 5. The molecule has 0 aliphatic rings. The molecule has 5 heteroatoms. The number of hydrogen-bond donors (Lipinski definition) is 0. The van der Waals surface area contributed by atoms with Gasteiger partial charge in [0.15, 0.2) is 0 Å². The zero-order chi connectivity index (χ0) is 16.7.